The first-order valence-electron chi connectivity index (χ1n) is 8.37. The molecule has 0 heterocycles. The summed E-state index contributed by atoms with van der Waals surface area (Å²) in [6, 6.07) is 11.9. The minimum absolute atomic E-state index is 0.0480. The largest absolute Gasteiger partial charge is 0.497 e. The van der Waals surface area contributed by atoms with Gasteiger partial charge in [0.05, 0.1) is 19.6 Å². The van der Waals surface area contributed by atoms with E-state index in [9.17, 15) is 4.79 Å². The van der Waals surface area contributed by atoms with Crippen molar-refractivity contribution in [2.75, 3.05) is 20.8 Å². The Bertz CT molecular complexity index is 782. The number of amides is 1. The first-order chi connectivity index (χ1) is 12.4. The second kappa shape index (κ2) is 9.35. The average Bonchev–Trinajstić information content (AvgIpc) is 2.64. The predicted octanol–water partition coefficient (Wildman–Crippen LogP) is 2.48. The van der Waals surface area contributed by atoms with Crippen LogP contribution in [0.15, 0.2) is 36.4 Å². The normalized spacial score (nSPS) is 12.9. The Hall–Kier alpha value is -2.38. The van der Waals surface area contributed by atoms with Crippen molar-refractivity contribution in [3.8, 4) is 5.75 Å². The van der Waals surface area contributed by atoms with Crippen molar-refractivity contribution in [1.29, 1.82) is 0 Å². The van der Waals surface area contributed by atoms with Gasteiger partial charge in [-0.3, -0.25) is 15.6 Å². The van der Waals surface area contributed by atoms with E-state index in [0.29, 0.717) is 11.7 Å². The van der Waals surface area contributed by atoms with Crippen LogP contribution in [0.3, 0.4) is 0 Å². The number of hydrazine groups is 1. The molecule has 0 saturated carbocycles. The van der Waals surface area contributed by atoms with E-state index in [1.54, 1.807) is 14.2 Å². The fraction of sp³-hybridized carbons (Fsp3) is 0.368. The van der Waals surface area contributed by atoms with Gasteiger partial charge in [-0.1, -0.05) is 24.3 Å². The molecule has 26 heavy (non-hydrogen) atoms. The summed E-state index contributed by atoms with van der Waals surface area (Å²) in [6.45, 7) is 4.31. The number of methoxy groups -OCH3 is 2. The van der Waals surface area contributed by atoms with E-state index < -0.39 is 0 Å². The van der Waals surface area contributed by atoms with E-state index in [1.165, 1.54) is 0 Å². The Kier molecular flexibility index (Phi) is 7.17. The molecular formula is C19H25N3O3S. The summed E-state index contributed by atoms with van der Waals surface area (Å²) in [4.78, 5) is 12.4. The standard InChI is InChI=1S/C19H25N3O3S/c1-12(11-24-3)20-19(26)22-21-18(23)13(2)14-5-6-16-10-17(25-4)8-7-15(16)9-14/h5-10,12-13H,11H2,1-4H3,(H,21,23)(H2,20,22,26)/t12-,13-/m0/s1. The molecule has 0 bridgehead atoms. The van der Waals surface area contributed by atoms with E-state index in [-0.39, 0.29) is 17.9 Å². The molecule has 2 aromatic rings. The predicted molar refractivity (Wildman–Crippen MR) is 107 cm³/mol. The van der Waals surface area contributed by atoms with Crippen molar-refractivity contribution in [3.63, 3.8) is 0 Å². The summed E-state index contributed by atoms with van der Waals surface area (Å²) in [6.07, 6.45) is 0. The minimum atomic E-state index is -0.326. The van der Waals surface area contributed by atoms with E-state index in [4.69, 9.17) is 21.7 Å². The summed E-state index contributed by atoms with van der Waals surface area (Å²) < 4.78 is 10.3. The molecule has 0 unspecified atom stereocenters. The van der Waals surface area contributed by atoms with E-state index in [1.807, 2.05) is 50.2 Å². The number of thiocarbonyl (C=S) groups is 1. The first kappa shape index (κ1) is 19.9. The molecule has 0 aliphatic rings. The van der Waals surface area contributed by atoms with Gasteiger partial charge < -0.3 is 14.8 Å². The van der Waals surface area contributed by atoms with Crippen LogP contribution in [0, 0.1) is 0 Å². The van der Waals surface area contributed by atoms with Gasteiger partial charge in [0, 0.05) is 13.2 Å². The maximum Gasteiger partial charge on any atom is 0.245 e. The molecule has 0 fully saturated rings. The summed E-state index contributed by atoms with van der Waals surface area (Å²) in [5.41, 5.74) is 6.29. The highest BCUT2D eigenvalue weighted by atomic mass is 32.1. The van der Waals surface area contributed by atoms with Crippen LogP contribution in [-0.4, -0.2) is 37.9 Å². The molecule has 0 saturated heterocycles. The van der Waals surface area contributed by atoms with Gasteiger partial charge in [0.15, 0.2) is 5.11 Å². The molecule has 0 radical (unpaired) electrons. The van der Waals surface area contributed by atoms with Gasteiger partial charge in [0.2, 0.25) is 5.91 Å². The number of rotatable bonds is 6. The molecule has 0 spiro atoms. The average molecular weight is 375 g/mol. The molecule has 2 rings (SSSR count). The van der Waals surface area contributed by atoms with E-state index in [2.05, 4.69) is 16.2 Å². The number of hydrogen-bond acceptors (Lipinski definition) is 4. The SMILES string of the molecule is COC[C@H](C)NC(=S)NNC(=O)[C@@H](C)c1ccc2cc(OC)ccc2c1. The zero-order chi connectivity index (χ0) is 19.1. The van der Waals surface area contributed by atoms with Gasteiger partial charge in [-0.25, -0.2) is 0 Å². The molecule has 3 N–H and O–H groups in total. The fourth-order valence-corrected chi connectivity index (χ4v) is 2.82. The van der Waals surface area contributed by atoms with Crippen LogP contribution in [-0.2, 0) is 9.53 Å². The second-order valence-corrected chi connectivity index (χ2v) is 6.55. The van der Waals surface area contributed by atoms with Crippen molar-refractivity contribution in [2.45, 2.75) is 25.8 Å². The molecule has 0 aliphatic carbocycles. The third-order valence-electron chi connectivity index (χ3n) is 4.06. The third-order valence-corrected chi connectivity index (χ3v) is 4.28. The van der Waals surface area contributed by atoms with Crippen molar-refractivity contribution in [3.05, 3.63) is 42.0 Å². The van der Waals surface area contributed by atoms with Gasteiger partial charge in [0.1, 0.15) is 5.75 Å². The highest BCUT2D eigenvalue weighted by Crippen LogP contribution is 2.25. The minimum Gasteiger partial charge on any atom is -0.497 e. The summed E-state index contributed by atoms with van der Waals surface area (Å²) in [5, 5.41) is 5.49. The van der Waals surface area contributed by atoms with Crippen molar-refractivity contribution in [1.82, 2.24) is 16.2 Å². The monoisotopic (exact) mass is 375 g/mol. The van der Waals surface area contributed by atoms with Gasteiger partial charge in [0.25, 0.3) is 0 Å². The van der Waals surface area contributed by atoms with E-state index in [0.717, 1.165) is 22.1 Å². The van der Waals surface area contributed by atoms with E-state index >= 15 is 0 Å². The van der Waals surface area contributed by atoms with Gasteiger partial charge in [-0.05, 0) is 54.5 Å². The number of carbonyl (C=O) groups is 1. The number of ether oxygens (including phenoxy) is 2. The summed E-state index contributed by atoms with van der Waals surface area (Å²) >= 11 is 5.15. The molecule has 0 aliphatic heterocycles. The van der Waals surface area contributed by atoms with Gasteiger partial charge in [-0.15, -0.1) is 0 Å². The lowest BCUT2D eigenvalue weighted by molar-refractivity contribution is -0.122. The maximum atomic E-state index is 12.4. The zero-order valence-electron chi connectivity index (χ0n) is 15.5. The Balaban J connectivity index is 1.97. The van der Waals surface area contributed by atoms with Crippen LogP contribution in [0.25, 0.3) is 10.8 Å². The molecule has 2 aromatic carbocycles. The summed E-state index contributed by atoms with van der Waals surface area (Å²) in [7, 11) is 3.27. The lowest BCUT2D eigenvalue weighted by Crippen LogP contribution is -2.50. The summed E-state index contributed by atoms with van der Waals surface area (Å²) in [5.74, 6) is 0.318. The Labute approximate surface area is 159 Å². The molecular weight excluding hydrogens is 350 g/mol. The smallest absolute Gasteiger partial charge is 0.245 e. The molecule has 7 heteroatoms. The number of benzene rings is 2. The molecule has 1 amide bonds. The van der Waals surface area contributed by atoms with Crippen molar-refractivity contribution < 1.29 is 14.3 Å². The number of nitrogens with one attached hydrogen (secondary N) is 3. The Morgan fingerprint density at radius 2 is 1.77 bits per heavy atom. The van der Waals surface area contributed by atoms with Crippen molar-refractivity contribution in [2.24, 2.45) is 0 Å². The van der Waals surface area contributed by atoms with Crippen LogP contribution < -0.4 is 20.9 Å². The highest BCUT2D eigenvalue weighted by molar-refractivity contribution is 7.80. The van der Waals surface area contributed by atoms with Crippen LogP contribution in [0.4, 0.5) is 0 Å². The molecule has 6 nitrogen and oxygen atoms in total. The second-order valence-electron chi connectivity index (χ2n) is 6.14. The lowest BCUT2D eigenvalue weighted by Gasteiger charge is -2.18. The number of carbonyl (C=O) groups excluding carboxylic acids is 1. The molecule has 0 aromatic heterocycles. The van der Waals surface area contributed by atoms with Crippen molar-refractivity contribution >= 4 is 34.0 Å². The lowest BCUT2D eigenvalue weighted by atomic mass is 9.97. The quantitative estimate of drug-likeness (QED) is 0.532. The first-order valence-corrected chi connectivity index (χ1v) is 8.78. The van der Waals surface area contributed by atoms with Crippen LogP contribution in [0.5, 0.6) is 5.75 Å². The van der Waals surface area contributed by atoms with Crippen LogP contribution in [0.2, 0.25) is 0 Å². The molecule has 2 atom stereocenters. The maximum absolute atomic E-state index is 12.4. The van der Waals surface area contributed by atoms with Crippen LogP contribution in [0.1, 0.15) is 25.3 Å². The fourth-order valence-electron chi connectivity index (χ4n) is 2.57. The third kappa shape index (κ3) is 5.31. The Morgan fingerprint density at radius 1 is 1.08 bits per heavy atom. The van der Waals surface area contributed by atoms with Gasteiger partial charge >= 0.3 is 0 Å². The number of fused-ring (bicyclic) bond motifs is 1. The van der Waals surface area contributed by atoms with Gasteiger partial charge in [-0.2, -0.15) is 0 Å². The highest BCUT2D eigenvalue weighted by Gasteiger charge is 2.16. The zero-order valence-corrected chi connectivity index (χ0v) is 16.3. The van der Waals surface area contributed by atoms with Crippen LogP contribution >= 0.6 is 12.2 Å². The Morgan fingerprint density at radius 3 is 2.46 bits per heavy atom. The number of hydrogen-bond donors (Lipinski definition) is 3. The molecule has 140 valence electrons. The topological polar surface area (TPSA) is 71.6 Å².